The third-order valence-corrected chi connectivity index (χ3v) is 10.9. The highest BCUT2D eigenvalue weighted by Gasteiger charge is 2.28. The zero-order valence-corrected chi connectivity index (χ0v) is 36.9. The van der Waals surface area contributed by atoms with Crippen molar-refractivity contribution in [1.82, 2.24) is 19.3 Å². The summed E-state index contributed by atoms with van der Waals surface area (Å²) in [7, 11) is 0. The van der Waals surface area contributed by atoms with Crippen molar-refractivity contribution in [3.63, 3.8) is 0 Å². The van der Waals surface area contributed by atoms with Gasteiger partial charge in [0.25, 0.3) is 0 Å². The Labute approximate surface area is 340 Å². The molecule has 296 valence electrons. The Kier molecular flexibility index (Phi) is 9.62. The summed E-state index contributed by atoms with van der Waals surface area (Å²) in [6.45, 7) is 33.7. The fourth-order valence-electron chi connectivity index (χ4n) is 7.29. The zero-order valence-electron chi connectivity index (χ0n) is 36.9. The molecule has 57 heavy (non-hydrogen) atoms. The smallest absolute Gasteiger partial charge is 0.212 e. The van der Waals surface area contributed by atoms with Gasteiger partial charge in [0.05, 0.1) is 16.7 Å². The predicted molar refractivity (Wildman–Crippen MR) is 236 cm³/mol. The van der Waals surface area contributed by atoms with E-state index in [2.05, 4.69) is 210 Å². The first-order chi connectivity index (χ1) is 26.4. The normalized spacial score (nSPS) is 13.2. The minimum absolute atomic E-state index is 0.00868. The second kappa shape index (κ2) is 13.7. The second-order valence-electron chi connectivity index (χ2n) is 20.9. The maximum absolute atomic E-state index is 6.85. The minimum Gasteiger partial charge on any atom is -0.458 e. The molecule has 0 fully saturated rings. The van der Waals surface area contributed by atoms with Crippen LogP contribution in [0.1, 0.15) is 132 Å². The lowest BCUT2D eigenvalue weighted by atomic mass is 9.80. The van der Waals surface area contributed by atoms with E-state index < -0.39 is 0 Å². The van der Waals surface area contributed by atoms with Gasteiger partial charge in [0, 0.05) is 34.1 Å². The van der Waals surface area contributed by atoms with Gasteiger partial charge < -0.3 is 9.30 Å². The standard InChI is InChI=1S/C51H61N5O/c1-47(2,3)33-22-23-52-45(29-33)56-43-19-17-16-18-41(43)42-21-20-39(31-44(42)56)57-40-28-36(50(10,11)12)27-38(30-40)55-32-54(46(53-55)51(13,14)15)37-25-34(48(4,5)6)24-35(26-37)49(7,8)9/h16-31H,1-15H3. The van der Waals surface area contributed by atoms with Gasteiger partial charge in [-0.25, -0.2) is 4.98 Å². The molecule has 0 aliphatic rings. The van der Waals surface area contributed by atoms with Crippen LogP contribution in [0.3, 0.4) is 0 Å². The average molecular weight is 760 g/mol. The Morgan fingerprint density at radius 3 is 1.74 bits per heavy atom. The maximum Gasteiger partial charge on any atom is 0.212 e. The van der Waals surface area contributed by atoms with E-state index in [1.54, 1.807) is 0 Å². The molecule has 0 spiro atoms. The van der Waals surface area contributed by atoms with Crippen LogP contribution in [-0.2, 0) is 27.1 Å². The number of rotatable bonds is 5. The average Bonchev–Trinajstić information content (AvgIpc) is 3.71. The summed E-state index contributed by atoms with van der Waals surface area (Å²) in [5.74, 6) is 3.31. The SMILES string of the molecule is CC(C)(C)c1cc(Oc2ccc3c4ccccc4n(-c4cc(C(C)(C)C)ccn4)c3c2)cc(-n2[c-][n+](-c3cc(C(C)(C)C)cc(C(C)(C)C)c3)c(C(C)(C)C)n2)c1. The largest absolute Gasteiger partial charge is 0.458 e. The molecule has 0 saturated carbocycles. The lowest BCUT2D eigenvalue weighted by Crippen LogP contribution is -2.40. The lowest BCUT2D eigenvalue weighted by Gasteiger charge is -2.27. The van der Waals surface area contributed by atoms with Crippen LogP contribution < -0.4 is 9.30 Å². The van der Waals surface area contributed by atoms with Crippen molar-refractivity contribution in [2.75, 3.05) is 0 Å². The Hall–Kier alpha value is -5.23. The van der Waals surface area contributed by atoms with Crippen LogP contribution in [0.4, 0.5) is 0 Å². The van der Waals surface area contributed by atoms with Crippen molar-refractivity contribution in [1.29, 1.82) is 0 Å². The van der Waals surface area contributed by atoms with E-state index in [4.69, 9.17) is 14.8 Å². The molecule has 4 aromatic carbocycles. The number of benzene rings is 4. The number of hydrogen-bond acceptors (Lipinski definition) is 3. The van der Waals surface area contributed by atoms with Crippen LogP contribution in [0, 0.1) is 6.33 Å². The summed E-state index contributed by atoms with van der Waals surface area (Å²) in [6, 6.07) is 32.7. The van der Waals surface area contributed by atoms with Gasteiger partial charge >= 0.3 is 0 Å². The van der Waals surface area contributed by atoms with Gasteiger partial charge in [0.1, 0.15) is 17.3 Å². The molecule has 0 unspecified atom stereocenters. The molecule has 0 radical (unpaired) electrons. The number of nitrogens with zero attached hydrogens (tertiary/aromatic N) is 5. The molecule has 0 N–H and O–H groups in total. The maximum atomic E-state index is 6.85. The van der Waals surface area contributed by atoms with Gasteiger partial charge in [-0.05, 0) is 91.5 Å². The molecule has 6 heteroatoms. The van der Waals surface area contributed by atoms with Crippen molar-refractivity contribution < 1.29 is 9.30 Å². The van der Waals surface area contributed by atoms with Gasteiger partial charge in [0.2, 0.25) is 12.2 Å². The van der Waals surface area contributed by atoms with E-state index in [-0.39, 0.29) is 27.1 Å². The molecule has 0 atom stereocenters. The van der Waals surface area contributed by atoms with Crippen molar-refractivity contribution in [2.45, 2.75) is 131 Å². The van der Waals surface area contributed by atoms with E-state index in [1.807, 2.05) is 10.9 Å². The van der Waals surface area contributed by atoms with Crippen molar-refractivity contribution in [2.24, 2.45) is 0 Å². The van der Waals surface area contributed by atoms with Gasteiger partial charge in [-0.15, -0.1) is 0 Å². The Morgan fingerprint density at radius 2 is 1.12 bits per heavy atom. The zero-order chi connectivity index (χ0) is 41.5. The number of fused-ring (bicyclic) bond motifs is 3. The van der Waals surface area contributed by atoms with E-state index >= 15 is 0 Å². The molecule has 0 bridgehead atoms. The number of ether oxygens (including phenoxy) is 1. The summed E-state index contributed by atoms with van der Waals surface area (Å²) >= 11 is 0. The highest BCUT2D eigenvalue weighted by Crippen LogP contribution is 2.38. The summed E-state index contributed by atoms with van der Waals surface area (Å²) in [6.07, 6.45) is 5.60. The fourth-order valence-corrected chi connectivity index (χ4v) is 7.29. The number of aromatic nitrogens is 5. The molecule has 0 aliphatic carbocycles. The van der Waals surface area contributed by atoms with Crippen LogP contribution in [0.15, 0.2) is 97.2 Å². The van der Waals surface area contributed by atoms with Crippen LogP contribution in [-0.4, -0.2) is 19.3 Å². The lowest BCUT2D eigenvalue weighted by molar-refractivity contribution is -0.613. The molecule has 0 amide bonds. The molecular formula is C51H61N5O. The Bertz CT molecular complexity index is 2590. The molecule has 7 aromatic rings. The molecule has 0 saturated heterocycles. The predicted octanol–water partition coefficient (Wildman–Crippen LogP) is 12.7. The minimum atomic E-state index is -0.253. The number of hydrogen-bond donors (Lipinski definition) is 0. The molecule has 0 aliphatic heterocycles. The van der Waals surface area contributed by atoms with Crippen molar-refractivity contribution in [3.05, 3.63) is 132 Å². The third-order valence-electron chi connectivity index (χ3n) is 10.9. The quantitative estimate of drug-likeness (QED) is 0.130. The van der Waals surface area contributed by atoms with Crippen LogP contribution in [0.5, 0.6) is 11.5 Å². The first-order valence-corrected chi connectivity index (χ1v) is 20.3. The summed E-state index contributed by atoms with van der Waals surface area (Å²) in [5, 5.41) is 7.61. The van der Waals surface area contributed by atoms with E-state index in [0.29, 0.717) is 0 Å². The highest BCUT2D eigenvalue weighted by atomic mass is 16.5. The van der Waals surface area contributed by atoms with Gasteiger partial charge in [-0.2, -0.15) is 4.68 Å². The van der Waals surface area contributed by atoms with Gasteiger partial charge in [-0.3, -0.25) is 4.57 Å². The van der Waals surface area contributed by atoms with E-state index in [0.717, 1.165) is 56.5 Å². The first kappa shape index (κ1) is 40.0. The molecular weight excluding hydrogens is 699 g/mol. The van der Waals surface area contributed by atoms with Crippen molar-refractivity contribution >= 4 is 21.8 Å². The van der Waals surface area contributed by atoms with Crippen LogP contribution >= 0.6 is 0 Å². The molecule has 3 aromatic heterocycles. The van der Waals surface area contributed by atoms with E-state index in [1.165, 1.54) is 22.1 Å². The molecule has 6 nitrogen and oxygen atoms in total. The third kappa shape index (κ3) is 8.01. The Morgan fingerprint density at radius 1 is 0.526 bits per heavy atom. The number of pyridine rings is 1. The Balaban J connectivity index is 1.37. The van der Waals surface area contributed by atoms with Gasteiger partial charge in [-0.1, -0.05) is 146 Å². The fraction of sp³-hybridized carbons (Fsp3) is 0.392. The van der Waals surface area contributed by atoms with Crippen LogP contribution in [0.2, 0.25) is 0 Å². The number of para-hydroxylation sites is 1. The summed E-state index contributed by atoms with van der Waals surface area (Å²) in [5.41, 5.74) is 8.62. The second-order valence-corrected chi connectivity index (χ2v) is 20.9. The van der Waals surface area contributed by atoms with Crippen molar-refractivity contribution in [3.8, 4) is 28.7 Å². The van der Waals surface area contributed by atoms with Crippen LogP contribution in [0.25, 0.3) is 39.0 Å². The first-order valence-electron chi connectivity index (χ1n) is 20.3. The van der Waals surface area contributed by atoms with Gasteiger partial charge in [0.15, 0.2) is 0 Å². The molecule has 7 rings (SSSR count). The summed E-state index contributed by atoms with van der Waals surface area (Å²) in [4.78, 5) is 4.88. The summed E-state index contributed by atoms with van der Waals surface area (Å²) < 4.78 is 13.2. The van der Waals surface area contributed by atoms with E-state index in [9.17, 15) is 0 Å². The monoisotopic (exact) mass is 759 g/mol. The molecule has 3 heterocycles. The topological polar surface area (TPSA) is 48.8 Å². The highest BCUT2D eigenvalue weighted by molar-refractivity contribution is 6.09.